The van der Waals surface area contributed by atoms with Crippen molar-refractivity contribution >= 4 is 17.5 Å². The van der Waals surface area contributed by atoms with Crippen LogP contribution in [0.4, 0.5) is 0 Å². The van der Waals surface area contributed by atoms with Crippen molar-refractivity contribution in [2.24, 2.45) is 0 Å². The predicted octanol–water partition coefficient (Wildman–Crippen LogP) is 3.84. The molecule has 1 atom stereocenters. The van der Waals surface area contributed by atoms with Crippen LogP contribution in [-0.4, -0.2) is 13.0 Å². The third-order valence-corrected chi connectivity index (χ3v) is 3.23. The zero-order chi connectivity index (χ0) is 14.5. The first-order valence-corrected chi connectivity index (χ1v) is 6.72. The van der Waals surface area contributed by atoms with E-state index >= 15 is 0 Å². The molecule has 0 heterocycles. The predicted molar refractivity (Wildman–Crippen MR) is 80.3 cm³/mol. The molecule has 4 heteroatoms. The van der Waals surface area contributed by atoms with Gasteiger partial charge in [-0.05, 0) is 42.8 Å². The van der Waals surface area contributed by atoms with E-state index in [1.54, 1.807) is 25.2 Å². The Morgan fingerprint density at radius 1 is 1.20 bits per heavy atom. The van der Waals surface area contributed by atoms with Crippen LogP contribution >= 0.6 is 11.6 Å². The lowest BCUT2D eigenvalue weighted by Crippen LogP contribution is -2.17. The first-order valence-electron chi connectivity index (χ1n) is 6.34. The van der Waals surface area contributed by atoms with Gasteiger partial charge in [-0.1, -0.05) is 29.8 Å². The summed E-state index contributed by atoms with van der Waals surface area (Å²) in [4.78, 5) is 11.6. The van der Waals surface area contributed by atoms with Gasteiger partial charge in [0.15, 0.2) is 0 Å². The van der Waals surface area contributed by atoms with Gasteiger partial charge in [-0.25, -0.2) is 0 Å². The summed E-state index contributed by atoms with van der Waals surface area (Å²) >= 11 is 5.86. The minimum atomic E-state index is -0.130. The highest BCUT2D eigenvalue weighted by Gasteiger charge is 2.09. The zero-order valence-corrected chi connectivity index (χ0v) is 12.1. The summed E-state index contributed by atoms with van der Waals surface area (Å²) in [5.74, 6) is 0.531. The SMILES string of the molecule is CNC(=O)c1cccc(OC(C)c2ccc(Cl)cc2)c1. The molecule has 2 rings (SSSR count). The Labute approximate surface area is 123 Å². The van der Waals surface area contributed by atoms with Crippen molar-refractivity contribution in [2.45, 2.75) is 13.0 Å². The summed E-state index contributed by atoms with van der Waals surface area (Å²) < 4.78 is 5.85. The van der Waals surface area contributed by atoms with Crippen LogP contribution in [0, 0.1) is 0 Å². The lowest BCUT2D eigenvalue weighted by atomic mass is 10.1. The minimum Gasteiger partial charge on any atom is -0.486 e. The highest BCUT2D eigenvalue weighted by Crippen LogP contribution is 2.23. The van der Waals surface area contributed by atoms with Gasteiger partial charge in [-0.15, -0.1) is 0 Å². The normalized spacial score (nSPS) is 11.8. The number of hydrogen-bond donors (Lipinski definition) is 1. The van der Waals surface area contributed by atoms with Gasteiger partial charge in [0.25, 0.3) is 5.91 Å². The lowest BCUT2D eigenvalue weighted by molar-refractivity contribution is 0.0962. The second-order valence-electron chi connectivity index (χ2n) is 4.42. The van der Waals surface area contributed by atoms with Crippen molar-refractivity contribution in [1.82, 2.24) is 5.32 Å². The first kappa shape index (κ1) is 14.4. The Bertz CT molecular complexity index is 596. The van der Waals surface area contributed by atoms with Crippen molar-refractivity contribution in [3.05, 3.63) is 64.7 Å². The van der Waals surface area contributed by atoms with E-state index in [9.17, 15) is 4.79 Å². The van der Waals surface area contributed by atoms with Gasteiger partial charge in [-0.2, -0.15) is 0 Å². The van der Waals surface area contributed by atoms with E-state index in [1.165, 1.54) is 0 Å². The van der Waals surface area contributed by atoms with Gasteiger partial charge in [0.1, 0.15) is 11.9 Å². The number of carbonyl (C=O) groups excluding carboxylic acids is 1. The summed E-state index contributed by atoms with van der Waals surface area (Å²) in [5, 5.41) is 3.29. The van der Waals surface area contributed by atoms with Crippen molar-refractivity contribution in [1.29, 1.82) is 0 Å². The molecule has 20 heavy (non-hydrogen) atoms. The third kappa shape index (κ3) is 3.52. The highest BCUT2D eigenvalue weighted by molar-refractivity contribution is 6.30. The maximum Gasteiger partial charge on any atom is 0.251 e. The van der Waals surface area contributed by atoms with Crippen LogP contribution in [0.3, 0.4) is 0 Å². The molecular formula is C16H16ClNO2. The van der Waals surface area contributed by atoms with E-state index in [-0.39, 0.29) is 12.0 Å². The molecule has 0 aliphatic rings. The van der Waals surface area contributed by atoms with Crippen LogP contribution in [0.2, 0.25) is 5.02 Å². The van der Waals surface area contributed by atoms with Gasteiger partial charge < -0.3 is 10.1 Å². The molecule has 0 saturated carbocycles. The fraction of sp³-hybridized carbons (Fsp3) is 0.188. The van der Waals surface area contributed by atoms with E-state index in [0.29, 0.717) is 16.3 Å². The van der Waals surface area contributed by atoms with Gasteiger partial charge in [0, 0.05) is 17.6 Å². The summed E-state index contributed by atoms with van der Waals surface area (Å²) in [6.07, 6.45) is -0.118. The van der Waals surface area contributed by atoms with Crippen molar-refractivity contribution in [3.8, 4) is 5.75 Å². The average molecular weight is 290 g/mol. The molecule has 3 nitrogen and oxygen atoms in total. The van der Waals surface area contributed by atoms with E-state index in [4.69, 9.17) is 16.3 Å². The molecule has 0 radical (unpaired) electrons. The molecule has 0 spiro atoms. The summed E-state index contributed by atoms with van der Waals surface area (Å²) in [6, 6.07) is 14.6. The number of hydrogen-bond acceptors (Lipinski definition) is 2. The monoisotopic (exact) mass is 289 g/mol. The Kier molecular flexibility index (Phi) is 4.64. The molecule has 104 valence electrons. The van der Waals surface area contributed by atoms with Crippen LogP contribution in [-0.2, 0) is 0 Å². The van der Waals surface area contributed by atoms with Crippen LogP contribution in [0.5, 0.6) is 5.75 Å². The molecule has 2 aromatic rings. The molecular weight excluding hydrogens is 274 g/mol. The number of ether oxygens (including phenoxy) is 1. The Morgan fingerprint density at radius 3 is 2.55 bits per heavy atom. The average Bonchev–Trinajstić information content (AvgIpc) is 2.47. The van der Waals surface area contributed by atoms with Gasteiger partial charge in [-0.3, -0.25) is 4.79 Å². The number of halogens is 1. The minimum absolute atomic E-state index is 0.118. The van der Waals surface area contributed by atoms with E-state index in [0.717, 1.165) is 5.56 Å². The Hall–Kier alpha value is -2.00. The molecule has 0 aliphatic carbocycles. The second kappa shape index (κ2) is 6.44. The summed E-state index contributed by atoms with van der Waals surface area (Å²) in [7, 11) is 1.60. The van der Waals surface area contributed by atoms with Crippen LogP contribution in [0.15, 0.2) is 48.5 Å². The van der Waals surface area contributed by atoms with Gasteiger partial charge in [0.05, 0.1) is 0 Å². The zero-order valence-electron chi connectivity index (χ0n) is 11.4. The molecule has 0 aliphatic heterocycles. The molecule has 0 saturated heterocycles. The van der Waals surface area contributed by atoms with Crippen molar-refractivity contribution in [3.63, 3.8) is 0 Å². The standard InChI is InChI=1S/C16H16ClNO2/c1-11(12-6-8-14(17)9-7-12)20-15-5-3-4-13(10-15)16(19)18-2/h3-11H,1-2H3,(H,18,19). The van der Waals surface area contributed by atoms with E-state index in [1.807, 2.05) is 37.3 Å². The number of carbonyl (C=O) groups is 1. The Balaban J connectivity index is 2.13. The maximum absolute atomic E-state index is 11.6. The maximum atomic E-state index is 11.6. The van der Waals surface area contributed by atoms with Crippen LogP contribution in [0.25, 0.3) is 0 Å². The molecule has 0 aromatic heterocycles. The van der Waals surface area contributed by atoms with Crippen molar-refractivity contribution < 1.29 is 9.53 Å². The topological polar surface area (TPSA) is 38.3 Å². The molecule has 2 aromatic carbocycles. The molecule has 0 bridgehead atoms. The fourth-order valence-electron chi connectivity index (χ4n) is 1.86. The number of rotatable bonds is 4. The quantitative estimate of drug-likeness (QED) is 0.929. The van der Waals surface area contributed by atoms with Crippen molar-refractivity contribution in [2.75, 3.05) is 7.05 Å². The molecule has 1 unspecified atom stereocenters. The summed E-state index contributed by atoms with van der Waals surface area (Å²) in [5.41, 5.74) is 1.60. The van der Waals surface area contributed by atoms with Gasteiger partial charge in [0.2, 0.25) is 0 Å². The number of nitrogens with one attached hydrogen (secondary N) is 1. The molecule has 0 fully saturated rings. The van der Waals surface area contributed by atoms with E-state index in [2.05, 4.69) is 5.32 Å². The van der Waals surface area contributed by atoms with E-state index < -0.39 is 0 Å². The van der Waals surface area contributed by atoms with Crippen LogP contribution < -0.4 is 10.1 Å². The molecule has 1 N–H and O–H groups in total. The smallest absolute Gasteiger partial charge is 0.251 e. The lowest BCUT2D eigenvalue weighted by Gasteiger charge is -2.15. The first-order chi connectivity index (χ1) is 9.60. The molecule has 1 amide bonds. The summed E-state index contributed by atoms with van der Waals surface area (Å²) in [6.45, 7) is 1.95. The largest absolute Gasteiger partial charge is 0.486 e. The number of benzene rings is 2. The third-order valence-electron chi connectivity index (χ3n) is 2.98. The van der Waals surface area contributed by atoms with Gasteiger partial charge >= 0.3 is 0 Å². The highest BCUT2D eigenvalue weighted by atomic mass is 35.5. The Morgan fingerprint density at radius 2 is 1.90 bits per heavy atom. The second-order valence-corrected chi connectivity index (χ2v) is 4.86. The van der Waals surface area contributed by atoms with Crippen LogP contribution in [0.1, 0.15) is 28.9 Å². The fourth-order valence-corrected chi connectivity index (χ4v) is 1.99. The number of amides is 1.